The van der Waals surface area contributed by atoms with Crippen molar-refractivity contribution in [2.45, 2.75) is 59.0 Å². The Morgan fingerprint density at radius 3 is 2.67 bits per heavy atom. The molecule has 0 radical (unpaired) electrons. The molecule has 108 valence electrons. The average Bonchev–Trinajstić information content (AvgIpc) is 2.30. The van der Waals surface area contributed by atoms with Gasteiger partial charge in [-0.2, -0.15) is 0 Å². The van der Waals surface area contributed by atoms with Gasteiger partial charge in [0.25, 0.3) is 0 Å². The van der Waals surface area contributed by atoms with Crippen LogP contribution < -0.4 is 5.32 Å². The first-order valence-electron chi connectivity index (χ1n) is 7.53. The molecule has 3 nitrogen and oxygen atoms in total. The minimum atomic E-state index is 0.250. The zero-order chi connectivity index (χ0) is 13.6. The van der Waals surface area contributed by atoms with Gasteiger partial charge in [0.1, 0.15) is 0 Å². The van der Waals surface area contributed by atoms with Crippen molar-refractivity contribution in [3.05, 3.63) is 0 Å². The molecule has 1 aliphatic rings. The van der Waals surface area contributed by atoms with Crippen LogP contribution in [0.5, 0.6) is 0 Å². The van der Waals surface area contributed by atoms with Gasteiger partial charge >= 0.3 is 0 Å². The van der Waals surface area contributed by atoms with Crippen LogP contribution in [0.4, 0.5) is 0 Å². The standard InChI is InChI=1S/C15H32N2O/c1-6-7-9-18-10-8-17-11-14(13(2)3)16-12-15(17,4)5/h13-14,16H,6-12H2,1-5H3. The number of ether oxygens (including phenoxy) is 1. The lowest BCUT2D eigenvalue weighted by Crippen LogP contribution is -2.63. The van der Waals surface area contributed by atoms with Gasteiger partial charge in [0, 0.05) is 37.8 Å². The minimum absolute atomic E-state index is 0.250. The third-order valence-corrected chi connectivity index (χ3v) is 4.02. The second-order valence-electron chi connectivity index (χ2n) is 6.46. The molecule has 0 amide bonds. The second-order valence-corrected chi connectivity index (χ2v) is 6.46. The van der Waals surface area contributed by atoms with E-state index in [9.17, 15) is 0 Å². The fourth-order valence-corrected chi connectivity index (χ4v) is 2.41. The molecule has 1 atom stereocenters. The second kappa shape index (κ2) is 7.46. The molecule has 0 aromatic rings. The maximum atomic E-state index is 5.70. The lowest BCUT2D eigenvalue weighted by molar-refractivity contribution is 0.0212. The first-order valence-corrected chi connectivity index (χ1v) is 7.53. The Hall–Kier alpha value is -0.120. The predicted octanol–water partition coefficient (Wildman–Crippen LogP) is 2.51. The summed E-state index contributed by atoms with van der Waals surface area (Å²) in [7, 11) is 0. The van der Waals surface area contributed by atoms with Gasteiger partial charge in [0.2, 0.25) is 0 Å². The molecule has 1 fully saturated rings. The molecule has 3 heteroatoms. The number of rotatable bonds is 7. The van der Waals surface area contributed by atoms with Gasteiger partial charge in [-0.25, -0.2) is 0 Å². The topological polar surface area (TPSA) is 24.5 Å². The van der Waals surface area contributed by atoms with Crippen LogP contribution in [0.2, 0.25) is 0 Å². The molecule has 0 aliphatic carbocycles. The van der Waals surface area contributed by atoms with E-state index in [0.29, 0.717) is 12.0 Å². The third-order valence-electron chi connectivity index (χ3n) is 4.02. The van der Waals surface area contributed by atoms with E-state index in [1.165, 1.54) is 12.8 Å². The molecule has 1 N–H and O–H groups in total. The van der Waals surface area contributed by atoms with E-state index in [2.05, 4.69) is 44.8 Å². The highest BCUT2D eigenvalue weighted by molar-refractivity contribution is 4.93. The summed E-state index contributed by atoms with van der Waals surface area (Å²) in [6.07, 6.45) is 2.40. The van der Waals surface area contributed by atoms with Crippen molar-refractivity contribution in [2.24, 2.45) is 5.92 Å². The summed E-state index contributed by atoms with van der Waals surface area (Å²) in [4.78, 5) is 2.58. The molecular formula is C15H32N2O. The molecule has 1 rings (SSSR count). The normalized spacial score (nSPS) is 24.7. The smallest absolute Gasteiger partial charge is 0.0593 e. The summed E-state index contributed by atoms with van der Waals surface area (Å²) in [5.41, 5.74) is 0.250. The molecule has 1 saturated heterocycles. The van der Waals surface area contributed by atoms with E-state index in [1.54, 1.807) is 0 Å². The van der Waals surface area contributed by atoms with Crippen LogP contribution in [0.25, 0.3) is 0 Å². The Labute approximate surface area is 113 Å². The number of nitrogens with zero attached hydrogens (tertiary/aromatic N) is 1. The van der Waals surface area contributed by atoms with E-state index < -0.39 is 0 Å². The first-order chi connectivity index (χ1) is 8.47. The van der Waals surface area contributed by atoms with Gasteiger partial charge in [0.15, 0.2) is 0 Å². The highest BCUT2D eigenvalue weighted by Gasteiger charge is 2.34. The molecule has 0 aromatic carbocycles. The molecule has 1 aliphatic heterocycles. The molecule has 0 aromatic heterocycles. The summed E-state index contributed by atoms with van der Waals surface area (Å²) < 4.78 is 5.70. The van der Waals surface area contributed by atoms with Crippen molar-refractivity contribution in [3.8, 4) is 0 Å². The minimum Gasteiger partial charge on any atom is -0.380 e. The van der Waals surface area contributed by atoms with E-state index in [1.807, 2.05) is 0 Å². The maximum Gasteiger partial charge on any atom is 0.0593 e. The van der Waals surface area contributed by atoms with Gasteiger partial charge < -0.3 is 10.1 Å². The van der Waals surface area contributed by atoms with Crippen LogP contribution in [0, 0.1) is 5.92 Å². The highest BCUT2D eigenvalue weighted by Crippen LogP contribution is 2.20. The Morgan fingerprint density at radius 1 is 1.33 bits per heavy atom. The monoisotopic (exact) mass is 256 g/mol. The van der Waals surface area contributed by atoms with E-state index in [-0.39, 0.29) is 5.54 Å². The Kier molecular flexibility index (Phi) is 6.61. The van der Waals surface area contributed by atoms with Crippen molar-refractivity contribution in [1.82, 2.24) is 10.2 Å². The van der Waals surface area contributed by atoms with Crippen LogP contribution in [-0.2, 0) is 4.74 Å². The highest BCUT2D eigenvalue weighted by atomic mass is 16.5. The first kappa shape index (κ1) is 15.9. The van der Waals surface area contributed by atoms with Crippen molar-refractivity contribution >= 4 is 0 Å². The fraction of sp³-hybridized carbons (Fsp3) is 1.00. The molecular weight excluding hydrogens is 224 g/mol. The lowest BCUT2D eigenvalue weighted by Gasteiger charge is -2.47. The molecule has 0 bridgehead atoms. The fourth-order valence-electron chi connectivity index (χ4n) is 2.41. The summed E-state index contributed by atoms with van der Waals surface area (Å²) in [6, 6.07) is 0.619. The molecule has 0 saturated carbocycles. The number of hydrogen-bond donors (Lipinski definition) is 1. The van der Waals surface area contributed by atoms with Gasteiger partial charge in [-0.05, 0) is 26.2 Å². The van der Waals surface area contributed by atoms with E-state index in [0.717, 1.165) is 32.8 Å². The summed E-state index contributed by atoms with van der Waals surface area (Å²) in [6.45, 7) is 16.5. The van der Waals surface area contributed by atoms with Crippen LogP contribution in [-0.4, -0.2) is 49.3 Å². The number of piperazine rings is 1. The molecule has 1 heterocycles. The predicted molar refractivity (Wildman–Crippen MR) is 78.0 cm³/mol. The third kappa shape index (κ3) is 4.87. The van der Waals surface area contributed by atoms with E-state index >= 15 is 0 Å². The van der Waals surface area contributed by atoms with Gasteiger partial charge in [0.05, 0.1) is 6.61 Å². The van der Waals surface area contributed by atoms with Crippen molar-refractivity contribution in [3.63, 3.8) is 0 Å². The average molecular weight is 256 g/mol. The zero-order valence-corrected chi connectivity index (χ0v) is 13.0. The van der Waals surface area contributed by atoms with Crippen molar-refractivity contribution < 1.29 is 4.74 Å². The SMILES string of the molecule is CCCCOCCN1CC(C(C)C)NCC1(C)C. The van der Waals surface area contributed by atoms with E-state index in [4.69, 9.17) is 4.74 Å². The van der Waals surface area contributed by atoms with Gasteiger partial charge in [-0.1, -0.05) is 27.2 Å². The van der Waals surface area contributed by atoms with Crippen molar-refractivity contribution in [2.75, 3.05) is 32.8 Å². The Bertz CT molecular complexity index is 229. The molecule has 1 unspecified atom stereocenters. The Balaban J connectivity index is 2.34. The quantitative estimate of drug-likeness (QED) is 0.708. The zero-order valence-electron chi connectivity index (χ0n) is 13.0. The van der Waals surface area contributed by atoms with Crippen LogP contribution >= 0.6 is 0 Å². The summed E-state index contributed by atoms with van der Waals surface area (Å²) >= 11 is 0. The lowest BCUT2D eigenvalue weighted by atomic mass is 9.93. The molecule has 18 heavy (non-hydrogen) atoms. The van der Waals surface area contributed by atoms with Crippen LogP contribution in [0.3, 0.4) is 0 Å². The maximum absolute atomic E-state index is 5.70. The van der Waals surface area contributed by atoms with Crippen LogP contribution in [0.15, 0.2) is 0 Å². The summed E-state index contributed by atoms with van der Waals surface area (Å²) in [5, 5.41) is 3.67. The van der Waals surface area contributed by atoms with Crippen molar-refractivity contribution in [1.29, 1.82) is 0 Å². The van der Waals surface area contributed by atoms with Gasteiger partial charge in [-0.15, -0.1) is 0 Å². The van der Waals surface area contributed by atoms with Crippen LogP contribution in [0.1, 0.15) is 47.5 Å². The van der Waals surface area contributed by atoms with Gasteiger partial charge in [-0.3, -0.25) is 4.90 Å². The number of hydrogen-bond acceptors (Lipinski definition) is 3. The largest absolute Gasteiger partial charge is 0.380 e. The number of nitrogens with one attached hydrogen (secondary N) is 1. The number of unbranched alkanes of at least 4 members (excludes halogenated alkanes) is 1. The molecule has 0 spiro atoms. The Morgan fingerprint density at radius 2 is 2.06 bits per heavy atom. The summed E-state index contributed by atoms with van der Waals surface area (Å²) in [5.74, 6) is 0.699.